The second-order valence-electron chi connectivity index (χ2n) is 4.58. The molecule has 0 spiro atoms. The summed E-state index contributed by atoms with van der Waals surface area (Å²) in [5.74, 6) is 0.565. The Morgan fingerprint density at radius 1 is 1.58 bits per heavy atom. The predicted molar refractivity (Wildman–Crippen MR) is 77.4 cm³/mol. The van der Waals surface area contributed by atoms with Crippen molar-refractivity contribution in [2.45, 2.75) is 19.5 Å². The van der Waals surface area contributed by atoms with Gasteiger partial charge >= 0.3 is 0 Å². The molecular weight excluding hydrogens is 240 g/mol. The summed E-state index contributed by atoms with van der Waals surface area (Å²) in [6.07, 6.45) is 0.881. The molecule has 0 radical (unpaired) electrons. The van der Waals surface area contributed by atoms with E-state index in [9.17, 15) is 5.26 Å². The van der Waals surface area contributed by atoms with Crippen molar-refractivity contribution in [1.82, 2.24) is 9.47 Å². The number of rotatable bonds is 4. The number of anilines is 2. The largest absolute Gasteiger partial charge is 0.387 e. The van der Waals surface area contributed by atoms with Crippen LogP contribution in [0, 0.1) is 11.3 Å². The number of nitrogen functional groups attached to an aromatic ring is 1. The average molecular weight is 262 g/mol. The van der Waals surface area contributed by atoms with Crippen molar-refractivity contribution in [1.29, 1.82) is 5.26 Å². The van der Waals surface area contributed by atoms with Crippen LogP contribution in [0.25, 0.3) is 0 Å². The molecule has 6 heteroatoms. The first-order valence-electron chi connectivity index (χ1n) is 6.23. The standard InChI is InChI=1S/C13H22N6/c1-6-12(18(3)4)17-13-9(8-14)10(16-2)7-11(15)19(13)5/h7,12,16H,6,15H2,1-5H3. The van der Waals surface area contributed by atoms with E-state index in [0.717, 1.165) is 6.42 Å². The lowest BCUT2D eigenvalue weighted by Gasteiger charge is -2.19. The molecule has 1 rings (SSSR count). The minimum Gasteiger partial charge on any atom is -0.387 e. The number of nitrogens with zero attached hydrogens (tertiary/aromatic N) is 4. The summed E-state index contributed by atoms with van der Waals surface area (Å²) in [7, 11) is 7.52. The summed E-state index contributed by atoms with van der Waals surface area (Å²) in [6.45, 7) is 2.06. The number of pyridine rings is 1. The van der Waals surface area contributed by atoms with Gasteiger partial charge in [0.15, 0.2) is 5.49 Å². The van der Waals surface area contributed by atoms with Gasteiger partial charge in [-0.1, -0.05) is 6.92 Å². The van der Waals surface area contributed by atoms with Gasteiger partial charge in [0.1, 0.15) is 23.6 Å². The third kappa shape index (κ3) is 3.06. The van der Waals surface area contributed by atoms with Gasteiger partial charge in [0, 0.05) is 20.2 Å². The Kier molecular flexibility index (Phi) is 4.95. The van der Waals surface area contributed by atoms with Crippen molar-refractivity contribution in [2.24, 2.45) is 12.0 Å². The van der Waals surface area contributed by atoms with E-state index in [0.29, 0.717) is 22.6 Å². The van der Waals surface area contributed by atoms with E-state index in [1.165, 1.54) is 0 Å². The SMILES string of the molecule is CCC(N=c1c(C#N)c(NC)cc(N)n1C)N(C)C. The van der Waals surface area contributed by atoms with Crippen LogP contribution in [0.15, 0.2) is 11.1 Å². The zero-order valence-electron chi connectivity index (χ0n) is 12.2. The minimum atomic E-state index is 0.0183. The summed E-state index contributed by atoms with van der Waals surface area (Å²) in [5.41, 5.74) is 7.77. The lowest BCUT2D eigenvalue weighted by molar-refractivity contribution is 0.288. The topological polar surface area (TPSA) is 82.4 Å². The van der Waals surface area contributed by atoms with E-state index in [-0.39, 0.29) is 6.17 Å². The second-order valence-corrected chi connectivity index (χ2v) is 4.58. The predicted octanol–water partition coefficient (Wildman–Crippen LogP) is 0.719. The molecule has 0 saturated heterocycles. The Bertz CT molecular complexity index is 549. The third-order valence-electron chi connectivity index (χ3n) is 3.10. The highest BCUT2D eigenvalue weighted by atomic mass is 15.2. The zero-order chi connectivity index (χ0) is 14.6. The van der Waals surface area contributed by atoms with Crippen molar-refractivity contribution in [2.75, 3.05) is 32.2 Å². The average Bonchev–Trinajstić information content (AvgIpc) is 2.39. The maximum Gasteiger partial charge on any atom is 0.150 e. The number of aromatic nitrogens is 1. The van der Waals surface area contributed by atoms with Crippen molar-refractivity contribution in [3.63, 3.8) is 0 Å². The number of hydrogen-bond acceptors (Lipinski definition) is 5. The van der Waals surface area contributed by atoms with E-state index in [1.807, 2.05) is 26.0 Å². The van der Waals surface area contributed by atoms with Gasteiger partial charge in [0.25, 0.3) is 0 Å². The lowest BCUT2D eigenvalue weighted by atomic mass is 10.2. The number of nitrogens with two attached hydrogens (primary N) is 1. The molecule has 1 unspecified atom stereocenters. The first-order valence-corrected chi connectivity index (χ1v) is 6.23. The molecule has 0 saturated carbocycles. The smallest absolute Gasteiger partial charge is 0.150 e. The van der Waals surface area contributed by atoms with Crippen molar-refractivity contribution < 1.29 is 0 Å². The Labute approximate surface area is 114 Å². The molecule has 1 aromatic heterocycles. The van der Waals surface area contributed by atoms with E-state index >= 15 is 0 Å². The number of nitrogens with one attached hydrogen (secondary N) is 1. The van der Waals surface area contributed by atoms with Gasteiger partial charge < -0.3 is 15.6 Å². The van der Waals surface area contributed by atoms with Gasteiger partial charge in [-0.25, -0.2) is 4.99 Å². The maximum atomic E-state index is 9.35. The molecule has 0 aliphatic rings. The van der Waals surface area contributed by atoms with Gasteiger partial charge in [-0.15, -0.1) is 0 Å². The third-order valence-corrected chi connectivity index (χ3v) is 3.10. The van der Waals surface area contributed by atoms with Crippen LogP contribution in [0.1, 0.15) is 18.9 Å². The van der Waals surface area contributed by atoms with Crippen molar-refractivity contribution in [3.05, 3.63) is 17.1 Å². The molecule has 0 aliphatic carbocycles. The number of hydrogen-bond donors (Lipinski definition) is 2. The van der Waals surface area contributed by atoms with Gasteiger partial charge in [0.05, 0.1) is 5.69 Å². The zero-order valence-corrected chi connectivity index (χ0v) is 12.2. The van der Waals surface area contributed by atoms with Crippen LogP contribution in [0.5, 0.6) is 0 Å². The first kappa shape index (κ1) is 15.1. The summed E-state index contributed by atoms with van der Waals surface area (Å²) < 4.78 is 1.74. The molecule has 1 atom stereocenters. The van der Waals surface area contributed by atoms with Crippen molar-refractivity contribution >= 4 is 11.5 Å². The van der Waals surface area contributed by atoms with Crippen LogP contribution in [0.4, 0.5) is 11.5 Å². The highest BCUT2D eigenvalue weighted by Gasteiger charge is 2.12. The summed E-state index contributed by atoms with van der Waals surface area (Å²) in [5, 5.41) is 12.3. The summed E-state index contributed by atoms with van der Waals surface area (Å²) >= 11 is 0. The van der Waals surface area contributed by atoms with Crippen LogP contribution in [-0.4, -0.2) is 36.8 Å². The Morgan fingerprint density at radius 2 is 2.21 bits per heavy atom. The van der Waals surface area contributed by atoms with Crippen LogP contribution < -0.4 is 16.5 Å². The highest BCUT2D eigenvalue weighted by molar-refractivity contribution is 5.60. The molecule has 0 aromatic carbocycles. The second kappa shape index (κ2) is 6.25. The monoisotopic (exact) mass is 262 g/mol. The van der Waals surface area contributed by atoms with Crippen LogP contribution in [0.3, 0.4) is 0 Å². The molecule has 1 aromatic rings. The van der Waals surface area contributed by atoms with Gasteiger partial charge in [-0.3, -0.25) is 4.90 Å². The summed E-state index contributed by atoms with van der Waals surface area (Å²) in [4.78, 5) is 6.68. The van der Waals surface area contributed by atoms with Gasteiger partial charge in [-0.05, 0) is 20.5 Å². The molecule has 0 fully saturated rings. The lowest BCUT2D eigenvalue weighted by Crippen LogP contribution is -2.32. The first-order chi connectivity index (χ1) is 8.96. The molecule has 19 heavy (non-hydrogen) atoms. The van der Waals surface area contributed by atoms with Crippen LogP contribution >= 0.6 is 0 Å². The van der Waals surface area contributed by atoms with E-state index < -0.39 is 0 Å². The Hall–Kier alpha value is -2.00. The summed E-state index contributed by atoms with van der Waals surface area (Å²) in [6, 6.07) is 3.94. The van der Waals surface area contributed by atoms with Gasteiger partial charge in [-0.2, -0.15) is 5.26 Å². The van der Waals surface area contributed by atoms with E-state index in [1.54, 1.807) is 17.7 Å². The van der Waals surface area contributed by atoms with E-state index in [4.69, 9.17) is 5.73 Å². The Morgan fingerprint density at radius 3 is 2.63 bits per heavy atom. The molecule has 6 nitrogen and oxygen atoms in total. The van der Waals surface area contributed by atoms with Crippen LogP contribution in [-0.2, 0) is 7.05 Å². The fourth-order valence-corrected chi connectivity index (χ4v) is 1.90. The van der Waals surface area contributed by atoms with Crippen molar-refractivity contribution in [3.8, 4) is 6.07 Å². The fraction of sp³-hybridized carbons (Fsp3) is 0.538. The highest BCUT2D eigenvalue weighted by Crippen LogP contribution is 2.14. The minimum absolute atomic E-state index is 0.0183. The van der Waals surface area contributed by atoms with Gasteiger partial charge in [0.2, 0.25) is 0 Å². The maximum absolute atomic E-state index is 9.35. The van der Waals surface area contributed by atoms with E-state index in [2.05, 4.69) is 23.3 Å². The molecule has 1 heterocycles. The number of nitriles is 1. The fourth-order valence-electron chi connectivity index (χ4n) is 1.90. The molecule has 0 bridgehead atoms. The molecule has 104 valence electrons. The molecular formula is C13H22N6. The molecule has 3 N–H and O–H groups in total. The normalized spacial score (nSPS) is 13.4. The Balaban J connectivity index is 3.61. The van der Waals surface area contributed by atoms with Crippen LogP contribution in [0.2, 0.25) is 0 Å². The molecule has 0 aliphatic heterocycles. The quantitative estimate of drug-likeness (QED) is 0.837. The molecule has 0 amide bonds.